The van der Waals surface area contributed by atoms with Crippen molar-refractivity contribution in [2.45, 2.75) is 19.8 Å². The molecule has 0 unspecified atom stereocenters. The summed E-state index contributed by atoms with van der Waals surface area (Å²) in [7, 11) is 0. The first-order valence-electron chi connectivity index (χ1n) is 5.10. The van der Waals surface area contributed by atoms with E-state index in [0.29, 0.717) is 11.6 Å². The van der Waals surface area contributed by atoms with E-state index in [0.717, 1.165) is 25.6 Å². The molecule has 4 heteroatoms. The normalized spacial score (nSPS) is 17.3. The van der Waals surface area contributed by atoms with Gasteiger partial charge in [0.15, 0.2) is 5.96 Å². The summed E-state index contributed by atoms with van der Waals surface area (Å²) in [6.07, 6.45) is 2.51. The fraction of sp³-hybridized carbons (Fsp3) is 0.700. The minimum absolute atomic E-state index is 0.500. The minimum atomic E-state index is 0.500. The van der Waals surface area contributed by atoms with E-state index in [9.17, 15) is 0 Å². The molecule has 1 rings (SSSR count). The Labute approximate surface area is 90.8 Å². The van der Waals surface area contributed by atoms with Gasteiger partial charge in [-0.1, -0.05) is 18.2 Å². The van der Waals surface area contributed by atoms with Gasteiger partial charge < -0.3 is 10.2 Å². The van der Waals surface area contributed by atoms with Crippen LogP contribution in [0.5, 0.6) is 0 Å². The maximum absolute atomic E-state index is 5.68. The summed E-state index contributed by atoms with van der Waals surface area (Å²) in [6, 6.07) is 0. The Morgan fingerprint density at radius 1 is 1.50 bits per heavy atom. The standard InChI is InChI=1S/C10H18ClN3/c1-3-12-10(13-8-9(2)11)14-6-4-5-7-14/h2-8H2,1H3,(H,12,13). The molecule has 0 aromatic carbocycles. The second kappa shape index (κ2) is 5.91. The molecular weight excluding hydrogens is 198 g/mol. The Kier molecular flexibility index (Phi) is 4.80. The van der Waals surface area contributed by atoms with E-state index in [1.165, 1.54) is 12.8 Å². The highest BCUT2D eigenvalue weighted by atomic mass is 35.5. The van der Waals surface area contributed by atoms with E-state index < -0.39 is 0 Å². The summed E-state index contributed by atoms with van der Waals surface area (Å²) >= 11 is 5.68. The number of rotatable bonds is 3. The van der Waals surface area contributed by atoms with Crippen molar-refractivity contribution in [3.05, 3.63) is 11.6 Å². The van der Waals surface area contributed by atoms with Crippen LogP contribution in [0.15, 0.2) is 16.6 Å². The van der Waals surface area contributed by atoms with Gasteiger partial charge in [0, 0.05) is 24.7 Å². The van der Waals surface area contributed by atoms with Gasteiger partial charge in [-0.2, -0.15) is 0 Å². The minimum Gasteiger partial charge on any atom is -0.357 e. The molecule has 1 saturated heterocycles. The SMILES string of the molecule is C=C(Cl)CN=C(NCC)N1CCCC1. The fourth-order valence-electron chi connectivity index (χ4n) is 1.52. The lowest BCUT2D eigenvalue weighted by Gasteiger charge is -2.20. The van der Waals surface area contributed by atoms with E-state index >= 15 is 0 Å². The monoisotopic (exact) mass is 215 g/mol. The molecule has 80 valence electrons. The Morgan fingerprint density at radius 3 is 2.64 bits per heavy atom. The highest BCUT2D eigenvalue weighted by Crippen LogP contribution is 2.08. The predicted molar refractivity (Wildman–Crippen MR) is 61.8 cm³/mol. The molecule has 0 radical (unpaired) electrons. The summed E-state index contributed by atoms with van der Waals surface area (Å²) < 4.78 is 0. The summed E-state index contributed by atoms with van der Waals surface area (Å²) in [5.41, 5.74) is 0. The smallest absolute Gasteiger partial charge is 0.194 e. The zero-order valence-electron chi connectivity index (χ0n) is 8.72. The van der Waals surface area contributed by atoms with Crippen LogP contribution < -0.4 is 5.32 Å². The molecule has 1 heterocycles. The number of hydrogen-bond acceptors (Lipinski definition) is 1. The highest BCUT2D eigenvalue weighted by Gasteiger charge is 2.14. The molecule has 1 N–H and O–H groups in total. The molecule has 0 aliphatic carbocycles. The molecule has 14 heavy (non-hydrogen) atoms. The second-order valence-electron chi connectivity index (χ2n) is 3.38. The number of likely N-dealkylation sites (tertiary alicyclic amines) is 1. The topological polar surface area (TPSA) is 27.6 Å². The van der Waals surface area contributed by atoms with Crippen molar-refractivity contribution in [2.75, 3.05) is 26.2 Å². The van der Waals surface area contributed by atoms with Crippen molar-refractivity contribution in [3.8, 4) is 0 Å². The number of hydrogen-bond donors (Lipinski definition) is 1. The zero-order valence-corrected chi connectivity index (χ0v) is 9.48. The average Bonchev–Trinajstić information content (AvgIpc) is 2.64. The van der Waals surface area contributed by atoms with Gasteiger partial charge in [-0.3, -0.25) is 0 Å². The van der Waals surface area contributed by atoms with Crippen molar-refractivity contribution in [1.82, 2.24) is 10.2 Å². The third kappa shape index (κ3) is 3.58. The molecule has 1 aliphatic heterocycles. The molecule has 0 amide bonds. The van der Waals surface area contributed by atoms with Crippen molar-refractivity contribution in [3.63, 3.8) is 0 Å². The Hall–Kier alpha value is -0.700. The molecule has 0 aromatic heterocycles. The number of nitrogens with zero attached hydrogens (tertiary/aromatic N) is 2. The lowest BCUT2D eigenvalue weighted by molar-refractivity contribution is 0.495. The van der Waals surface area contributed by atoms with Crippen LogP contribution in [0.2, 0.25) is 0 Å². The molecule has 0 saturated carbocycles. The first-order valence-corrected chi connectivity index (χ1v) is 5.48. The van der Waals surface area contributed by atoms with E-state index in [4.69, 9.17) is 11.6 Å². The fourth-order valence-corrected chi connectivity index (χ4v) is 1.58. The van der Waals surface area contributed by atoms with Crippen molar-refractivity contribution >= 4 is 17.6 Å². The number of halogens is 1. The molecule has 1 fully saturated rings. The average molecular weight is 216 g/mol. The molecule has 0 bridgehead atoms. The highest BCUT2D eigenvalue weighted by molar-refractivity contribution is 6.29. The Bertz CT molecular complexity index is 219. The molecular formula is C10H18ClN3. The molecule has 1 aliphatic rings. The van der Waals surface area contributed by atoms with E-state index in [1.54, 1.807) is 0 Å². The van der Waals surface area contributed by atoms with Crippen molar-refractivity contribution < 1.29 is 0 Å². The van der Waals surface area contributed by atoms with Crippen LogP contribution in [-0.4, -0.2) is 37.0 Å². The van der Waals surface area contributed by atoms with E-state index in [-0.39, 0.29) is 0 Å². The predicted octanol–water partition coefficient (Wildman–Crippen LogP) is 1.80. The van der Waals surface area contributed by atoms with Crippen LogP contribution in [-0.2, 0) is 0 Å². The van der Waals surface area contributed by atoms with Crippen molar-refractivity contribution in [2.24, 2.45) is 4.99 Å². The third-order valence-electron chi connectivity index (χ3n) is 2.14. The van der Waals surface area contributed by atoms with Crippen LogP contribution in [0.3, 0.4) is 0 Å². The van der Waals surface area contributed by atoms with Crippen LogP contribution >= 0.6 is 11.6 Å². The molecule has 3 nitrogen and oxygen atoms in total. The number of nitrogens with one attached hydrogen (secondary N) is 1. The maximum Gasteiger partial charge on any atom is 0.194 e. The third-order valence-corrected chi connectivity index (χ3v) is 2.26. The van der Waals surface area contributed by atoms with Gasteiger partial charge in [0.25, 0.3) is 0 Å². The van der Waals surface area contributed by atoms with Gasteiger partial charge in [0.05, 0.1) is 6.54 Å². The summed E-state index contributed by atoms with van der Waals surface area (Å²) in [5.74, 6) is 0.965. The second-order valence-corrected chi connectivity index (χ2v) is 3.92. The largest absolute Gasteiger partial charge is 0.357 e. The molecule has 0 atom stereocenters. The summed E-state index contributed by atoms with van der Waals surface area (Å²) in [4.78, 5) is 6.66. The first-order chi connectivity index (χ1) is 6.74. The van der Waals surface area contributed by atoms with E-state index in [2.05, 4.69) is 28.7 Å². The van der Waals surface area contributed by atoms with Gasteiger partial charge in [0.1, 0.15) is 0 Å². The number of aliphatic imine (C=N–C) groups is 1. The first kappa shape index (κ1) is 11.4. The molecule has 0 aromatic rings. The zero-order chi connectivity index (χ0) is 10.4. The maximum atomic E-state index is 5.68. The summed E-state index contributed by atoms with van der Waals surface area (Å²) in [6.45, 7) is 9.29. The quantitative estimate of drug-likeness (QED) is 0.575. The van der Waals surface area contributed by atoms with Gasteiger partial charge >= 0.3 is 0 Å². The van der Waals surface area contributed by atoms with Gasteiger partial charge in [-0.25, -0.2) is 4.99 Å². The van der Waals surface area contributed by atoms with E-state index in [1.807, 2.05) is 0 Å². The Morgan fingerprint density at radius 2 is 2.14 bits per heavy atom. The van der Waals surface area contributed by atoms with Crippen molar-refractivity contribution in [1.29, 1.82) is 0 Å². The van der Waals surface area contributed by atoms with Crippen LogP contribution in [0, 0.1) is 0 Å². The lowest BCUT2D eigenvalue weighted by atomic mass is 10.4. The molecule has 0 spiro atoms. The lowest BCUT2D eigenvalue weighted by Crippen LogP contribution is -2.39. The van der Waals surface area contributed by atoms with Crippen LogP contribution in [0.4, 0.5) is 0 Å². The Balaban J connectivity index is 2.52. The van der Waals surface area contributed by atoms with Gasteiger partial charge in [-0.05, 0) is 19.8 Å². The van der Waals surface area contributed by atoms with Crippen LogP contribution in [0.25, 0.3) is 0 Å². The van der Waals surface area contributed by atoms with Gasteiger partial charge in [-0.15, -0.1) is 0 Å². The summed E-state index contributed by atoms with van der Waals surface area (Å²) in [5, 5.41) is 3.84. The van der Waals surface area contributed by atoms with Crippen LogP contribution in [0.1, 0.15) is 19.8 Å². The van der Waals surface area contributed by atoms with Gasteiger partial charge in [0.2, 0.25) is 0 Å². The number of guanidine groups is 1.